The van der Waals surface area contributed by atoms with Gasteiger partial charge >= 0.3 is 5.97 Å². The van der Waals surface area contributed by atoms with Gasteiger partial charge in [0.25, 0.3) is 0 Å². The third-order valence-electron chi connectivity index (χ3n) is 2.30. The van der Waals surface area contributed by atoms with E-state index in [1.165, 1.54) is 25.3 Å². The summed E-state index contributed by atoms with van der Waals surface area (Å²) in [6.07, 6.45) is 4.50. The second kappa shape index (κ2) is 6.87. The molecular formula is C14H21N3O2. The minimum absolute atomic E-state index is 0.0508. The molecule has 0 amide bonds. The van der Waals surface area contributed by atoms with Crippen LogP contribution in [0.4, 0.5) is 0 Å². The van der Waals surface area contributed by atoms with E-state index in [1.807, 2.05) is 20.8 Å². The van der Waals surface area contributed by atoms with Crippen LogP contribution in [0.25, 0.3) is 5.65 Å². The lowest BCUT2D eigenvalue weighted by Crippen LogP contribution is -2.05. The van der Waals surface area contributed by atoms with Crippen molar-refractivity contribution in [1.29, 1.82) is 0 Å². The van der Waals surface area contributed by atoms with Crippen LogP contribution in [0.2, 0.25) is 0 Å². The Hall–Kier alpha value is -1.91. The van der Waals surface area contributed by atoms with Crippen molar-refractivity contribution in [1.82, 2.24) is 14.6 Å². The van der Waals surface area contributed by atoms with Crippen molar-refractivity contribution in [3.05, 3.63) is 29.2 Å². The van der Waals surface area contributed by atoms with Crippen molar-refractivity contribution in [3.63, 3.8) is 0 Å². The molecule has 2 aromatic rings. The Balaban J connectivity index is 0.000000308. The maximum absolute atomic E-state index is 10.7. The standard InChI is InChI=1S/C9H9N3O2.C3H6.C2H6/c1-5-3-8-10-7(9(13)14)4-6(2)12(8)11-5;1-2-3-1;1-2/h3-4H,1-2H3,(H,13,14);1-3H2;1-2H3. The van der Waals surface area contributed by atoms with Gasteiger partial charge in [0.2, 0.25) is 0 Å². The highest BCUT2D eigenvalue weighted by Gasteiger charge is 2.09. The first-order valence-electron chi connectivity index (χ1n) is 6.65. The molecule has 0 spiro atoms. The van der Waals surface area contributed by atoms with Crippen molar-refractivity contribution in [2.75, 3.05) is 0 Å². The van der Waals surface area contributed by atoms with E-state index in [1.54, 1.807) is 17.5 Å². The number of aromatic nitrogens is 3. The molecule has 1 aliphatic rings. The van der Waals surface area contributed by atoms with Crippen molar-refractivity contribution >= 4 is 11.6 Å². The van der Waals surface area contributed by atoms with Gasteiger partial charge in [-0.1, -0.05) is 33.1 Å². The van der Waals surface area contributed by atoms with Gasteiger partial charge in [-0.15, -0.1) is 0 Å². The maximum Gasteiger partial charge on any atom is 0.354 e. The summed E-state index contributed by atoms with van der Waals surface area (Å²) in [6.45, 7) is 7.64. The Morgan fingerprint density at radius 3 is 2.26 bits per heavy atom. The van der Waals surface area contributed by atoms with Crippen LogP contribution in [-0.4, -0.2) is 25.7 Å². The summed E-state index contributed by atoms with van der Waals surface area (Å²) in [7, 11) is 0. The molecule has 5 nitrogen and oxygen atoms in total. The van der Waals surface area contributed by atoms with Gasteiger partial charge in [-0.25, -0.2) is 14.3 Å². The molecule has 0 aromatic carbocycles. The van der Waals surface area contributed by atoms with Crippen LogP contribution < -0.4 is 0 Å². The molecule has 0 radical (unpaired) electrons. The third-order valence-corrected chi connectivity index (χ3v) is 2.30. The van der Waals surface area contributed by atoms with Gasteiger partial charge in [0.15, 0.2) is 11.3 Å². The molecule has 5 heteroatoms. The van der Waals surface area contributed by atoms with Crippen LogP contribution in [0, 0.1) is 13.8 Å². The van der Waals surface area contributed by atoms with Gasteiger partial charge in [0.05, 0.1) is 5.69 Å². The van der Waals surface area contributed by atoms with Gasteiger partial charge in [0, 0.05) is 11.8 Å². The number of nitrogens with zero attached hydrogens (tertiary/aromatic N) is 3. The summed E-state index contributed by atoms with van der Waals surface area (Å²) in [5.74, 6) is -1.02. The summed E-state index contributed by atoms with van der Waals surface area (Å²) >= 11 is 0. The number of carboxylic acids is 1. The van der Waals surface area contributed by atoms with Gasteiger partial charge < -0.3 is 5.11 Å². The van der Waals surface area contributed by atoms with E-state index < -0.39 is 5.97 Å². The largest absolute Gasteiger partial charge is 0.477 e. The van der Waals surface area contributed by atoms with Crippen LogP contribution in [0.1, 0.15) is 55.0 Å². The fraction of sp³-hybridized carbons (Fsp3) is 0.500. The molecule has 0 saturated heterocycles. The van der Waals surface area contributed by atoms with E-state index >= 15 is 0 Å². The molecule has 0 atom stereocenters. The summed E-state index contributed by atoms with van der Waals surface area (Å²) in [5, 5.41) is 13.0. The fourth-order valence-corrected chi connectivity index (χ4v) is 1.35. The molecule has 19 heavy (non-hydrogen) atoms. The highest BCUT2D eigenvalue weighted by molar-refractivity contribution is 5.86. The Bertz CT molecular complexity index is 556. The Labute approximate surface area is 113 Å². The number of fused-ring (bicyclic) bond motifs is 1. The van der Waals surface area contributed by atoms with Crippen LogP contribution >= 0.6 is 0 Å². The number of rotatable bonds is 1. The number of carboxylic acid groups (broad SMARTS) is 1. The number of aryl methyl sites for hydroxylation is 2. The lowest BCUT2D eigenvalue weighted by Gasteiger charge is -1.99. The van der Waals surface area contributed by atoms with E-state index in [4.69, 9.17) is 5.11 Å². The van der Waals surface area contributed by atoms with Gasteiger partial charge in [-0.3, -0.25) is 0 Å². The number of hydrogen-bond acceptors (Lipinski definition) is 3. The molecule has 104 valence electrons. The zero-order valence-electron chi connectivity index (χ0n) is 12.0. The first-order chi connectivity index (χ1) is 9.08. The van der Waals surface area contributed by atoms with Crippen LogP contribution in [0.5, 0.6) is 0 Å². The van der Waals surface area contributed by atoms with Crippen molar-refractivity contribution in [3.8, 4) is 0 Å². The number of carbonyl (C=O) groups is 1. The summed E-state index contributed by atoms with van der Waals surface area (Å²) in [5.41, 5.74) is 2.21. The van der Waals surface area contributed by atoms with Crippen molar-refractivity contribution in [2.24, 2.45) is 0 Å². The zero-order chi connectivity index (χ0) is 14.4. The summed E-state index contributed by atoms with van der Waals surface area (Å²) in [4.78, 5) is 14.7. The Morgan fingerprint density at radius 2 is 1.79 bits per heavy atom. The zero-order valence-corrected chi connectivity index (χ0v) is 12.0. The van der Waals surface area contributed by atoms with Gasteiger partial charge in [-0.05, 0) is 19.9 Å². The van der Waals surface area contributed by atoms with E-state index in [9.17, 15) is 4.79 Å². The second-order valence-corrected chi connectivity index (χ2v) is 4.20. The molecule has 1 N–H and O–H groups in total. The second-order valence-electron chi connectivity index (χ2n) is 4.20. The van der Waals surface area contributed by atoms with E-state index in [0.29, 0.717) is 5.65 Å². The smallest absolute Gasteiger partial charge is 0.354 e. The fourth-order valence-electron chi connectivity index (χ4n) is 1.35. The predicted molar refractivity (Wildman–Crippen MR) is 74.6 cm³/mol. The average Bonchev–Trinajstić information content (AvgIpc) is 3.20. The van der Waals surface area contributed by atoms with E-state index in [-0.39, 0.29) is 5.69 Å². The molecule has 1 fully saturated rings. The number of hydrogen-bond donors (Lipinski definition) is 1. The summed E-state index contributed by atoms with van der Waals surface area (Å²) < 4.78 is 1.63. The predicted octanol–water partition coefficient (Wildman–Crippen LogP) is 3.24. The molecule has 1 aliphatic carbocycles. The lowest BCUT2D eigenvalue weighted by atomic mass is 10.3. The summed E-state index contributed by atoms with van der Waals surface area (Å²) in [6, 6.07) is 3.25. The van der Waals surface area contributed by atoms with Crippen molar-refractivity contribution in [2.45, 2.75) is 47.0 Å². The molecule has 0 aliphatic heterocycles. The minimum atomic E-state index is -1.02. The highest BCUT2D eigenvalue weighted by atomic mass is 16.4. The quantitative estimate of drug-likeness (QED) is 0.857. The van der Waals surface area contributed by atoms with Gasteiger partial charge in [0.1, 0.15) is 0 Å². The Kier molecular flexibility index (Phi) is 5.48. The topological polar surface area (TPSA) is 67.5 Å². The first-order valence-corrected chi connectivity index (χ1v) is 6.65. The molecular weight excluding hydrogens is 242 g/mol. The normalized spacial score (nSPS) is 12.0. The maximum atomic E-state index is 10.7. The molecule has 2 heterocycles. The Morgan fingerprint density at radius 1 is 1.21 bits per heavy atom. The molecule has 2 aromatic heterocycles. The lowest BCUT2D eigenvalue weighted by molar-refractivity contribution is 0.0690. The van der Waals surface area contributed by atoms with E-state index in [2.05, 4.69) is 10.1 Å². The molecule has 3 rings (SSSR count). The molecule has 0 bridgehead atoms. The third kappa shape index (κ3) is 4.35. The van der Waals surface area contributed by atoms with Crippen LogP contribution in [-0.2, 0) is 0 Å². The molecule has 0 unspecified atom stereocenters. The number of aromatic carboxylic acids is 1. The van der Waals surface area contributed by atoms with Crippen molar-refractivity contribution < 1.29 is 9.90 Å². The van der Waals surface area contributed by atoms with E-state index in [0.717, 1.165) is 11.4 Å². The highest BCUT2D eigenvalue weighted by Crippen LogP contribution is 2.14. The first kappa shape index (κ1) is 15.1. The van der Waals surface area contributed by atoms with Crippen LogP contribution in [0.3, 0.4) is 0 Å². The minimum Gasteiger partial charge on any atom is -0.477 e. The van der Waals surface area contributed by atoms with Crippen LogP contribution in [0.15, 0.2) is 12.1 Å². The SMILES string of the molecule is C1CC1.CC.Cc1cc2nc(C(=O)O)cc(C)n2n1. The average molecular weight is 263 g/mol. The molecule has 1 saturated carbocycles. The monoisotopic (exact) mass is 263 g/mol. The van der Waals surface area contributed by atoms with Gasteiger partial charge in [-0.2, -0.15) is 5.10 Å².